The zero-order chi connectivity index (χ0) is 27.0. The fourth-order valence-electron chi connectivity index (χ4n) is 4.74. The number of benzene rings is 2. The molecule has 0 radical (unpaired) electrons. The summed E-state index contributed by atoms with van der Waals surface area (Å²) in [6.45, 7) is 5.43. The molecule has 2 aromatic carbocycles. The molecule has 5 aromatic rings. The average molecular weight is 519 g/mol. The maximum Gasteiger partial charge on any atom is 0.259 e. The molecule has 0 unspecified atom stereocenters. The number of nitrogens with zero attached hydrogens (tertiary/aromatic N) is 7. The number of amides is 1. The van der Waals surface area contributed by atoms with Gasteiger partial charge in [-0.15, -0.1) is 0 Å². The predicted octanol–water partition coefficient (Wildman–Crippen LogP) is 5.30. The lowest BCUT2D eigenvalue weighted by atomic mass is 9.91. The number of carbonyl (C=O) groups is 1. The van der Waals surface area contributed by atoms with Crippen molar-refractivity contribution in [2.45, 2.75) is 25.2 Å². The summed E-state index contributed by atoms with van der Waals surface area (Å²) in [5, 5.41) is 8.40. The van der Waals surface area contributed by atoms with Crippen LogP contribution in [0.2, 0.25) is 0 Å². The smallest absolute Gasteiger partial charge is 0.259 e. The normalized spacial score (nSPS) is 14.3. The molecule has 192 valence electrons. The summed E-state index contributed by atoms with van der Waals surface area (Å²) in [5.74, 6) is -0.655. The van der Waals surface area contributed by atoms with Gasteiger partial charge in [-0.3, -0.25) is 9.78 Å². The van der Waals surface area contributed by atoms with Crippen molar-refractivity contribution in [3.05, 3.63) is 108 Å². The Morgan fingerprint density at radius 3 is 2.69 bits per heavy atom. The lowest BCUT2D eigenvalue weighted by molar-refractivity contribution is 0.102. The number of imidazole rings is 1. The molecule has 0 atom stereocenters. The molecule has 1 fully saturated rings. The molecule has 3 aromatic heterocycles. The molecule has 0 spiro atoms. The molecule has 1 saturated carbocycles. The first kappa shape index (κ1) is 24.2. The van der Waals surface area contributed by atoms with E-state index in [1.54, 1.807) is 30.1 Å². The van der Waals surface area contributed by atoms with Crippen LogP contribution >= 0.6 is 0 Å². The first-order valence-electron chi connectivity index (χ1n) is 12.3. The van der Waals surface area contributed by atoms with E-state index in [1.807, 2.05) is 18.2 Å². The lowest BCUT2D eigenvalue weighted by Gasteiger charge is -2.17. The summed E-state index contributed by atoms with van der Waals surface area (Å²) in [4.78, 5) is 33.2. The number of hydrogen-bond donors (Lipinski definition) is 1. The predicted molar refractivity (Wildman–Crippen MR) is 147 cm³/mol. The quantitative estimate of drug-likeness (QED) is 0.294. The van der Waals surface area contributed by atoms with Crippen LogP contribution < -0.4 is 5.32 Å². The second-order valence-corrected chi connectivity index (χ2v) is 9.34. The van der Waals surface area contributed by atoms with Gasteiger partial charge in [0, 0.05) is 28.8 Å². The molecule has 10 heteroatoms. The van der Waals surface area contributed by atoms with Crippen molar-refractivity contribution < 1.29 is 9.18 Å². The van der Waals surface area contributed by atoms with Gasteiger partial charge in [0.1, 0.15) is 18.0 Å². The van der Waals surface area contributed by atoms with Crippen molar-refractivity contribution in [3.63, 3.8) is 0 Å². The van der Waals surface area contributed by atoms with Gasteiger partial charge in [-0.1, -0.05) is 18.2 Å². The maximum atomic E-state index is 15.0. The summed E-state index contributed by atoms with van der Waals surface area (Å²) < 4.78 is 16.7. The first-order valence-corrected chi connectivity index (χ1v) is 12.3. The fraction of sp³-hybridized carbons (Fsp3) is 0.138. The standard InChI is InChI=1S/C29H23FN8O/c1-18(19-5-7-22(23(30)15-19)27(39)36-26-9-13-32-17-35-26)37-38-25(16-34-28(38)31-2)29(10-11-29)21-6-8-24-20(14-21)4-3-12-33-24/h3-9,12-17H,2,10-11H2,1H3,(H,32,35,36,39)/b37-18+. The van der Waals surface area contributed by atoms with Crippen molar-refractivity contribution in [1.82, 2.24) is 24.6 Å². The van der Waals surface area contributed by atoms with Gasteiger partial charge in [0.25, 0.3) is 5.91 Å². The topological polar surface area (TPSA) is 110 Å². The van der Waals surface area contributed by atoms with Crippen molar-refractivity contribution in [3.8, 4) is 0 Å². The molecule has 1 aliphatic carbocycles. The van der Waals surface area contributed by atoms with E-state index in [1.165, 1.54) is 30.7 Å². The molecule has 1 aliphatic rings. The van der Waals surface area contributed by atoms with Gasteiger partial charge in [0.05, 0.1) is 28.7 Å². The number of hydrogen-bond acceptors (Lipinski definition) is 7. The number of aromatic nitrogens is 5. The van der Waals surface area contributed by atoms with Gasteiger partial charge in [-0.05, 0) is 68.4 Å². The average Bonchev–Trinajstić information content (AvgIpc) is 3.67. The van der Waals surface area contributed by atoms with E-state index in [-0.39, 0.29) is 16.8 Å². The fourth-order valence-corrected chi connectivity index (χ4v) is 4.74. The minimum Gasteiger partial charge on any atom is -0.306 e. The monoisotopic (exact) mass is 518 g/mol. The van der Waals surface area contributed by atoms with Crippen LogP contribution in [0, 0.1) is 5.82 Å². The van der Waals surface area contributed by atoms with Crippen molar-refractivity contribution >= 4 is 41.0 Å². The Hall–Kier alpha value is -5.12. The van der Waals surface area contributed by atoms with Crippen LogP contribution in [-0.2, 0) is 5.41 Å². The van der Waals surface area contributed by atoms with E-state index in [0.717, 1.165) is 35.0 Å². The van der Waals surface area contributed by atoms with E-state index in [2.05, 4.69) is 49.1 Å². The number of nitrogens with one attached hydrogen (secondary N) is 1. The van der Waals surface area contributed by atoms with Crippen molar-refractivity contribution in [2.24, 2.45) is 10.1 Å². The zero-order valence-corrected chi connectivity index (χ0v) is 21.0. The number of aliphatic imine (C=N–C) groups is 1. The Morgan fingerprint density at radius 1 is 1.08 bits per heavy atom. The third-order valence-electron chi connectivity index (χ3n) is 6.96. The number of carbonyl (C=O) groups excluding carboxylic acids is 1. The highest BCUT2D eigenvalue weighted by Gasteiger charge is 2.49. The minimum atomic E-state index is -0.676. The van der Waals surface area contributed by atoms with Crippen LogP contribution in [-0.4, -0.2) is 42.9 Å². The molecule has 1 N–H and O–H groups in total. The Kier molecular flexibility index (Phi) is 5.99. The highest BCUT2D eigenvalue weighted by molar-refractivity contribution is 6.05. The van der Waals surface area contributed by atoms with E-state index >= 15 is 4.39 Å². The lowest BCUT2D eigenvalue weighted by Crippen LogP contribution is -2.16. The second-order valence-electron chi connectivity index (χ2n) is 9.34. The molecule has 3 heterocycles. The van der Waals surface area contributed by atoms with Gasteiger partial charge in [0.2, 0.25) is 5.95 Å². The third kappa shape index (κ3) is 4.46. The summed E-state index contributed by atoms with van der Waals surface area (Å²) in [5.41, 5.74) is 3.64. The summed E-state index contributed by atoms with van der Waals surface area (Å²) in [6, 6.07) is 16.1. The first-order chi connectivity index (χ1) is 19.0. The number of rotatable bonds is 7. The van der Waals surface area contributed by atoms with Gasteiger partial charge >= 0.3 is 0 Å². The molecule has 9 nitrogen and oxygen atoms in total. The Bertz CT molecular complexity index is 1760. The molecular formula is C29H23FN8O. The van der Waals surface area contributed by atoms with E-state index in [4.69, 9.17) is 5.10 Å². The minimum absolute atomic E-state index is 0.107. The van der Waals surface area contributed by atoms with Gasteiger partial charge < -0.3 is 5.32 Å². The molecule has 0 saturated heterocycles. The summed E-state index contributed by atoms with van der Waals surface area (Å²) in [7, 11) is 0. The number of halogens is 1. The Balaban J connectivity index is 1.33. The number of pyridine rings is 1. The van der Waals surface area contributed by atoms with Crippen LogP contribution in [0.5, 0.6) is 0 Å². The van der Waals surface area contributed by atoms with Crippen LogP contribution in [0.3, 0.4) is 0 Å². The molecule has 0 bridgehead atoms. The van der Waals surface area contributed by atoms with Gasteiger partial charge in [-0.25, -0.2) is 29.0 Å². The molecule has 6 rings (SSSR count). The highest BCUT2D eigenvalue weighted by Crippen LogP contribution is 2.54. The zero-order valence-electron chi connectivity index (χ0n) is 21.0. The summed E-state index contributed by atoms with van der Waals surface area (Å²) in [6.07, 6.45) is 8.21. The molecule has 1 amide bonds. The van der Waals surface area contributed by atoms with Crippen LogP contribution in [0.1, 0.15) is 46.9 Å². The van der Waals surface area contributed by atoms with E-state index < -0.39 is 11.7 Å². The van der Waals surface area contributed by atoms with E-state index in [0.29, 0.717) is 17.2 Å². The van der Waals surface area contributed by atoms with Gasteiger partial charge in [0.15, 0.2) is 0 Å². The maximum absolute atomic E-state index is 15.0. The highest BCUT2D eigenvalue weighted by atomic mass is 19.1. The van der Waals surface area contributed by atoms with Crippen molar-refractivity contribution in [2.75, 3.05) is 5.32 Å². The second kappa shape index (κ2) is 9.64. The van der Waals surface area contributed by atoms with Crippen LogP contribution in [0.25, 0.3) is 10.9 Å². The Labute approximate surface area is 223 Å². The molecule has 39 heavy (non-hydrogen) atoms. The van der Waals surface area contributed by atoms with Gasteiger partial charge in [-0.2, -0.15) is 5.10 Å². The van der Waals surface area contributed by atoms with Crippen LogP contribution in [0.15, 0.2) is 89.6 Å². The largest absolute Gasteiger partial charge is 0.306 e. The van der Waals surface area contributed by atoms with E-state index in [9.17, 15) is 4.79 Å². The third-order valence-corrected chi connectivity index (χ3v) is 6.96. The number of fused-ring (bicyclic) bond motifs is 1. The number of anilines is 1. The van der Waals surface area contributed by atoms with Crippen molar-refractivity contribution in [1.29, 1.82) is 0 Å². The SMILES string of the molecule is C=Nc1ncc(C2(c3ccc4ncccc4c3)CC2)n1/N=C(\C)c1ccc(C(=O)Nc2ccncn2)c(F)c1. The molecule has 0 aliphatic heterocycles. The summed E-state index contributed by atoms with van der Waals surface area (Å²) >= 11 is 0. The molecular weight excluding hydrogens is 495 g/mol. The van der Waals surface area contributed by atoms with Crippen LogP contribution in [0.4, 0.5) is 16.2 Å². The Morgan fingerprint density at radius 2 is 1.95 bits per heavy atom.